The smallest absolute Gasteiger partial charge is 0.119 e. The van der Waals surface area contributed by atoms with E-state index in [2.05, 4.69) is 24.9 Å². The zero-order chi connectivity index (χ0) is 12.8. The molecule has 3 nitrogen and oxygen atoms in total. The summed E-state index contributed by atoms with van der Waals surface area (Å²) >= 11 is 4.93. The van der Waals surface area contributed by atoms with Gasteiger partial charge in [0.2, 0.25) is 0 Å². The molecule has 1 unspecified atom stereocenters. The van der Waals surface area contributed by atoms with Gasteiger partial charge in [-0.3, -0.25) is 4.90 Å². The molecule has 0 heterocycles. The Morgan fingerprint density at radius 1 is 1.53 bits per heavy atom. The lowest BCUT2D eigenvalue weighted by atomic mass is 10.1. The largest absolute Gasteiger partial charge is 0.497 e. The van der Waals surface area contributed by atoms with Crippen LogP contribution in [0, 0.1) is 0 Å². The average molecular weight is 252 g/mol. The molecule has 0 saturated heterocycles. The lowest BCUT2D eigenvalue weighted by molar-refractivity contribution is 0.255. The highest BCUT2D eigenvalue weighted by Crippen LogP contribution is 2.15. The van der Waals surface area contributed by atoms with Gasteiger partial charge in [-0.2, -0.15) is 0 Å². The molecule has 0 fully saturated rings. The summed E-state index contributed by atoms with van der Waals surface area (Å²) in [5.74, 6) is 0.887. The number of hydrogen-bond acceptors (Lipinski definition) is 3. The van der Waals surface area contributed by atoms with Crippen LogP contribution >= 0.6 is 12.2 Å². The third kappa shape index (κ3) is 4.71. The van der Waals surface area contributed by atoms with Crippen molar-refractivity contribution >= 4 is 17.2 Å². The van der Waals surface area contributed by atoms with Gasteiger partial charge in [-0.1, -0.05) is 24.4 Å². The predicted octanol–water partition coefficient (Wildman–Crippen LogP) is 2.19. The van der Waals surface area contributed by atoms with Crippen molar-refractivity contribution in [2.75, 3.05) is 14.2 Å². The Morgan fingerprint density at radius 3 is 2.82 bits per heavy atom. The van der Waals surface area contributed by atoms with Crippen molar-refractivity contribution in [2.45, 2.75) is 25.9 Å². The maximum atomic E-state index is 5.55. The molecule has 1 rings (SSSR count). The molecule has 2 N–H and O–H groups in total. The van der Waals surface area contributed by atoms with Crippen LogP contribution in [0.2, 0.25) is 0 Å². The van der Waals surface area contributed by atoms with Crippen LogP contribution in [-0.2, 0) is 6.54 Å². The standard InChI is InChI=1S/C13H20N2OS/c1-10(7-13(14)17)15(2)9-11-5-4-6-12(8-11)16-3/h4-6,8,10H,7,9H2,1-3H3,(H2,14,17). The fourth-order valence-electron chi connectivity index (χ4n) is 1.66. The summed E-state index contributed by atoms with van der Waals surface area (Å²) in [5.41, 5.74) is 6.78. The number of nitrogens with two attached hydrogens (primary N) is 1. The average Bonchev–Trinajstić information content (AvgIpc) is 2.28. The van der Waals surface area contributed by atoms with Crippen molar-refractivity contribution in [1.82, 2.24) is 4.90 Å². The quantitative estimate of drug-likeness (QED) is 0.788. The molecule has 0 radical (unpaired) electrons. The second kappa shape index (κ2) is 6.57. The number of nitrogens with zero attached hydrogens (tertiary/aromatic N) is 1. The predicted molar refractivity (Wildman–Crippen MR) is 75.3 cm³/mol. The van der Waals surface area contributed by atoms with Crippen molar-refractivity contribution in [1.29, 1.82) is 0 Å². The van der Waals surface area contributed by atoms with E-state index in [1.807, 2.05) is 18.2 Å². The van der Waals surface area contributed by atoms with Gasteiger partial charge >= 0.3 is 0 Å². The summed E-state index contributed by atoms with van der Waals surface area (Å²) in [6.07, 6.45) is 0.746. The minimum Gasteiger partial charge on any atom is -0.497 e. The number of rotatable bonds is 6. The highest BCUT2D eigenvalue weighted by atomic mass is 32.1. The lowest BCUT2D eigenvalue weighted by Gasteiger charge is -2.24. The Kier molecular flexibility index (Phi) is 5.38. The van der Waals surface area contributed by atoms with Gasteiger partial charge in [-0.05, 0) is 31.7 Å². The van der Waals surface area contributed by atoms with Crippen molar-refractivity contribution in [2.24, 2.45) is 5.73 Å². The number of benzene rings is 1. The lowest BCUT2D eigenvalue weighted by Crippen LogP contribution is -2.32. The molecule has 94 valence electrons. The van der Waals surface area contributed by atoms with Gasteiger partial charge < -0.3 is 10.5 Å². The van der Waals surface area contributed by atoms with Gasteiger partial charge in [0, 0.05) is 19.0 Å². The summed E-state index contributed by atoms with van der Waals surface area (Å²) in [5, 5.41) is 0. The SMILES string of the molecule is COc1cccc(CN(C)C(C)CC(N)=S)c1. The molecule has 0 spiro atoms. The summed E-state index contributed by atoms with van der Waals surface area (Å²) in [7, 11) is 3.75. The van der Waals surface area contributed by atoms with E-state index in [9.17, 15) is 0 Å². The van der Waals surface area contributed by atoms with Gasteiger partial charge in [0.25, 0.3) is 0 Å². The molecule has 1 aromatic carbocycles. The molecular weight excluding hydrogens is 232 g/mol. The zero-order valence-electron chi connectivity index (χ0n) is 10.6. The first-order valence-corrected chi connectivity index (χ1v) is 6.05. The first kappa shape index (κ1) is 13.9. The molecule has 0 aliphatic carbocycles. The van der Waals surface area contributed by atoms with E-state index in [1.54, 1.807) is 7.11 Å². The minimum atomic E-state index is 0.346. The van der Waals surface area contributed by atoms with E-state index < -0.39 is 0 Å². The van der Waals surface area contributed by atoms with E-state index in [1.165, 1.54) is 5.56 Å². The molecule has 0 amide bonds. The molecule has 0 aromatic heterocycles. The third-order valence-electron chi connectivity index (χ3n) is 2.82. The van der Waals surface area contributed by atoms with Crippen LogP contribution in [-0.4, -0.2) is 30.1 Å². The van der Waals surface area contributed by atoms with Crippen LogP contribution < -0.4 is 10.5 Å². The van der Waals surface area contributed by atoms with Crippen molar-refractivity contribution in [3.05, 3.63) is 29.8 Å². The van der Waals surface area contributed by atoms with Crippen molar-refractivity contribution in [3.63, 3.8) is 0 Å². The van der Waals surface area contributed by atoms with Crippen LogP contribution in [0.4, 0.5) is 0 Å². The topological polar surface area (TPSA) is 38.5 Å². The third-order valence-corrected chi connectivity index (χ3v) is 2.98. The summed E-state index contributed by atoms with van der Waals surface area (Å²) in [6, 6.07) is 8.43. The number of thiocarbonyl (C=S) groups is 1. The van der Waals surface area contributed by atoms with Gasteiger partial charge in [-0.15, -0.1) is 0 Å². The van der Waals surface area contributed by atoms with Crippen LogP contribution in [0.25, 0.3) is 0 Å². The second-order valence-electron chi connectivity index (χ2n) is 4.29. The fourth-order valence-corrected chi connectivity index (χ4v) is 1.90. The van der Waals surface area contributed by atoms with E-state index in [0.29, 0.717) is 11.0 Å². The Labute approximate surface area is 109 Å². The first-order valence-electron chi connectivity index (χ1n) is 5.64. The van der Waals surface area contributed by atoms with Gasteiger partial charge in [0.05, 0.1) is 12.1 Å². The van der Waals surface area contributed by atoms with Gasteiger partial charge in [-0.25, -0.2) is 0 Å². The normalized spacial score (nSPS) is 12.5. The highest BCUT2D eigenvalue weighted by molar-refractivity contribution is 7.80. The molecule has 0 bridgehead atoms. The van der Waals surface area contributed by atoms with Crippen molar-refractivity contribution < 1.29 is 4.74 Å². The van der Waals surface area contributed by atoms with Gasteiger partial charge in [0.15, 0.2) is 0 Å². The minimum absolute atomic E-state index is 0.346. The Bertz CT molecular complexity index is 381. The van der Waals surface area contributed by atoms with Crippen LogP contribution in [0.15, 0.2) is 24.3 Å². The first-order chi connectivity index (χ1) is 8.02. The van der Waals surface area contributed by atoms with E-state index in [0.717, 1.165) is 18.7 Å². The fraction of sp³-hybridized carbons (Fsp3) is 0.462. The number of ether oxygens (including phenoxy) is 1. The highest BCUT2D eigenvalue weighted by Gasteiger charge is 2.10. The molecule has 1 aromatic rings. The number of methoxy groups -OCH3 is 1. The second-order valence-corrected chi connectivity index (χ2v) is 4.81. The van der Waals surface area contributed by atoms with Crippen LogP contribution in [0.1, 0.15) is 18.9 Å². The van der Waals surface area contributed by atoms with Crippen LogP contribution in [0.3, 0.4) is 0 Å². The molecule has 17 heavy (non-hydrogen) atoms. The summed E-state index contributed by atoms with van der Waals surface area (Å²) in [4.78, 5) is 2.79. The molecule has 0 aliphatic heterocycles. The maximum Gasteiger partial charge on any atom is 0.119 e. The molecule has 0 saturated carbocycles. The maximum absolute atomic E-state index is 5.55. The molecule has 4 heteroatoms. The number of hydrogen-bond donors (Lipinski definition) is 1. The van der Waals surface area contributed by atoms with Crippen molar-refractivity contribution in [3.8, 4) is 5.75 Å². The summed E-state index contributed by atoms with van der Waals surface area (Å²) < 4.78 is 5.20. The van der Waals surface area contributed by atoms with E-state index in [-0.39, 0.29) is 0 Å². The molecule has 0 aliphatic rings. The Morgan fingerprint density at radius 2 is 2.24 bits per heavy atom. The Hall–Kier alpha value is -1.13. The zero-order valence-corrected chi connectivity index (χ0v) is 11.5. The van der Waals surface area contributed by atoms with E-state index >= 15 is 0 Å². The molecular formula is C13H20N2OS. The monoisotopic (exact) mass is 252 g/mol. The van der Waals surface area contributed by atoms with Gasteiger partial charge in [0.1, 0.15) is 5.75 Å². The Balaban J connectivity index is 2.60. The van der Waals surface area contributed by atoms with Crippen LogP contribution in [0.5, 0.6) is 5.75 Å². The summed E-state index contributed by atoms with van der Waals surface area (Å²) in [6.45, 7) is 2.99. The van der Waals surface area contributed by atoms with E-state index in [4.69, 9.17) is 22.7 Å². The molecule has 1 atom stereocenters.